The third kappa shape index (κ3) is 6.03. The number of halogens is 2. The van der Waals surface area contributed by atoms with Crippen molar-refractivity contribution in [1.82, 2.24) is 20.1 Å². The number of H-pyrrole nitrogens is 1. The maximum atomic E-state index is 13.6. The first-order chi connectivity index (χ1) is 17.4. The molecule has 0 unspecified atom stereocenters. The predicted octanol–water partition coefficient (Wildman–Crippen LogP) is 3.89. The molecule has 2 saturated heterocycles. The number of amides is 1. The van der Waals surface area contributed by atoms with Crippen molar-refractivity contribution in [2.24, 2.45) is 0 Å². The van der Waals surface area contributed by atoms with Crippen LogP contribution in [0.25, 0.3) is 10.9 Å². The van der Waals surface area contributed by atoms with Crippen LogP contribution in [-0.4, -0.2) is 77.2 Å². The number of nitrogens with one attached hydrogen (secondary N) is 2. The van der Waals surface area contributed by atoms with Gasteiger partial charge in [0, 0.05) is 74.4 Å². The van der Waals surface area contributed by atoms with Crippen LogP contribution in [0, 0.1) is 11.6 Å². The van der Waals surface area contributed by atoms with Gasteiger partial charge in [0.1, 0.15) is 28.8 Å². The fourth-order valence-corrected chi connectivity index (χ4v) is 5.04. The summed E-state index contributed by atoms with van der Waals surface area (Å²) in [7, 11) is 0. The summed E-state index contributed by atoms with van der Waals surface area (Å²) in [6.07, 6.45) is 3.36. The summed E-state index contributed by atoms with van der Waals surface area (Å²) in [5.41, 5.74) is 1.12. The first kappa shape index (κ1) is 24.7. The highest BCUT2D eigenvalue weighted by Gasteiger charge is 2.23. The molecule has 192 valence electrons. The zero-order chi connectivity index (χ0) is 25.1. The van der Waals surface area contributed by atoms with Crippen LogP contribution in [0.1, 0.15) is 36.2 Å². The maximum Gasteiger partial charge on any atom is 0.267 e. The van der Waals surface area contributed by atoms with E-state index in [4.69, 9.17) is 4.74 Å². The molecule has 0 spiro atoms. The first-order valence-corrected chi connectivity index (χ1v) is 12.6. The van der Waals surface area contributed by atoms with Gasteiger partial charge in [-0.1, -0.05) is 6.07 Å². The highest BCUT2D eigenvalue weighted by atomic mass is 19.1. The number of ether oxygens (including phenoxy) is 1. The average molecular weight is 499 g/mol. The van der Waals surface area contributed by atoms with Gasteiger partial charge in [0.05, 0.1) is 6.10 Å². The Balaban J connectivity index is 1.15. The van der Waals surface area contributed by atoms with Crippen molar-refractivity contribution < 1.29 is 23.4 Å². The molecule has 3 aromatic rings. The number of aromatic amines is 1. The van der Waals surface area contributed by atoms with Gasteiger partial charge < -0.3 is 29.9 Å². The average Bonchev–Trinajstić information content (AvgIpc) is 3.30. The van der Waals surface area contributed by atoms with Gasteiger partial charge >= 0.3 is 0 Å². The lowest BCUT2D eigenvalue weighted by molar-refractivity contribution is 0.0729. The molecule has 2 aliphatic rings. The molecule has 0 bridgehead atoms. The van der Waals surface area contributed by atoms with Crippen LogP contribution in [0.4, 0.5) is 8.78 Å². The number of hydrogen-bond donors (Lipinski definition) is 3. The molecule has 2 fully saturated rings. The molecule has 7 nitrogen and oxygen atoms in total. The van der Waals surface area contributed by atoms with Crippen molar-refractivity contribution in [2.45, 2.75) is 37.8 Å². The Morgan fingerprint density at radius 3 is 2.28 bits per heavy atom. The Hall–Kier alpha value is -3.01. The number of hydrogen-bond acceptors (Lipinski definition) is 5. The topological polar surface area (TPSA) is 80.8 Å². The molecule has 2 aromatic carbocycles. The van der Waals surface area contributed by atoms with E-state index in [9.17, 15) is 18.7 Å². The van der Waals surface area contributed by atoms with E-state index in [0.29, 0.717) is 22.3 Å². The summed E-state index contributed by atoms with van der Waals surface area (Å²) in [5, 5.41) is 13.5. The normalized spacial score (nSPS) is 18.5. The number of likely N-dealkylation sites (tertiary alicyclic amines) is 2. The van der Waals surface area contributed by atoms with E-state index >= 15 is 0 Å². The highest BCUT2D eigenvalue weighted by Crippen LogP contribution is 2.31. The lowest BCUT2D eigenvalue weighted by atomic mass is 10.0. The summed E-state index contributed by atoms with van der Waals surface area (Å²) in [5.74, 6) is -1.16. The first-order valence-electron chi connectivity index (χ1n) is 12.6. The second kappa shape index (κ2) is 10.9. The molecular formula is C27H32F2N4O3. The minimum atomic E-state index is -0.719. The molecule has 5 rings (SSSR count). The number of fused-ring (bicyclic) bond motifs is 1. The van der Waals surface area contributed by atoms with Crippen molar-refractivity contribution >= 4 is 16.8 Å². The molecule has 1 aromatic heterocycles. The van der Waals surface area contributed by atoms with Crippen LogP contribution in [0.3, 0.4) is 0 Å². The van der Waals surface area contributed by atoms with Crippen LogP contribution < -0.4 is 10.1 Å². The summed E-state index contributed by atoms with van der Waals surface area (Å²) >= 11 is 0. The molecule has 0 saturated carbocycles. The molecule has 0 aliphatic carbocycles. The Kier molecular flexibility index (Phi) is 7.50. The molecule has 3 N–H and O–H groups in total. The van der Waals surface area contributed by atoms with Gasteiger partial charge in [-0.3, -0.25) is 4.79 Å². The van der Waals surface area contributed by atoms with E-state index in [1.807, 2.05) is 6.07 Å². The number of piperidine rings is 2. The summed E-state index contributed by atoms with van der Waals surface area (Å²) in [6, 6.07) is 10.1. The molecule has 0 atom stereocenters. The minimum Gasteiger partial charge on any atom is -0.456 e. The monoisotopic (exact) mass is 498 g/mol. The number of carbonyl (C=O) groups excluding carboxylic acids is 1. The van der Waals surface area contributed by atoms with Crippen molar-refractivity contribution in [3.8, 4) is 11.5 Å². The van der Waals surface area contributed by atoms with E-state index < -0.39 is 11.6 Å². The van der Waals surface area contributed by atoms with Gasteiger partial charge in [0.25, 0.3) is 5.91 Å². The van der Waals surface area contributed by atoms with Gasteiger partial charge in [-0.2, -0.15) is 0 Å². The van der Waals surface area contributed by atoms with E-state index in [0.717, 1.165) is 83.2 Å². The summed E-state index contributed by atoms with van der Waals surface area (Å²) in [4.78, 5) is 20.9. The Morgan fingerprint density at radius 2 is 1.61 bits per heavy atom. The van der Waals surface area contributed by atoms with Crippen LogP contribution in [0.2, 0.25) is 0 Å². The Labute approximate surface area is 209 Å². The van der Waals surface area contributed by atoms with Crippen LogP contribution in [-0.2, 0) is 0 Å². The molecule has 1 amide bonds. The quantitative estimate of drug-likeness (QED) is 0.461. The number of rotatable bonds is 7. The number of aliphatic hydroxyl groups is 1. The third-order valence-electron chi connectivity index (χ3n) is 7.14. The highest BCUT2D eigenvalue weighted by molar-refractivity contribution is 5.99. The molecule has 2 aliphatic heterocycles. The van der Waals surface area contributed by atoms with Gasteiger partial charge in [-0.05, 0) is 43.9 Å². The van der Waals surface area contributed by atoms with E-state index in [1.54, 1.807) is 18.2 Å². The fraction of sp³-hybridized carbons (Fsp3) is 0.444. The zero-order valence-electron chi connectivity index (χ0n) is 20.2. The van der Waals surface area contributed by atoms with E-state index in [-0.39, 0.29) is 23.8 Å². The summed E-state index contributed by atoms with van der Waals surface area (Å²) in [6.45, 7) is 5.84. The van der Waals surface area contributed by atoms with Crippen LogP contribution in [0.5, 0.6) is 11.5 Å². The number of aromatic nitrogens is 1. The van der Waals surface area contributed by atoms with E-state index in [2.05, 4.69) is 20.1 Å². The number of nitrogens with zero attached hydrogens (tertiary/aromatic N) is 2. The van der Waals surface area contributed by atoms with Crippen molar-refractivity contribution in [1.29, 1.82) is 0 Å². The molecule has 0 radical (unpaired) electrons. The van der Waals surface area contributed by atoms with Gasteiger partial charge in [0.15, 0.2) is 0 Å². The van der Waals surface area contributed by atoms with Crippen molar-refractivity contribution in [2.75, 3.05) is 39.3 Å². The van der Waals surface area contributed by atoms with Crippen LogP contribution in [0.15, 0.2) is 42.5 Å². The smallest absolute Gasteiger partial charge is 0.267 e. The second-order valence-corrected chi connectivity index (χ2v) is 9.77. The molecule has 9 heteroatoms. The van der Waals surface area contributed by atoms with Crippen LogP contribution >= 0.6 is 0 Å². The zero-order valence-corrected chi connectivity index (χ0v) is 20.2. The SMILES string of the molecule is O=C(NC1CCN(CCN2CCC(O)CC2)CC1)c1cc2c(Oc3cc(F)cc(F)c3)cccc2[nH]1. The standard InChI is InChI=1S/C27H32F2N4O3/c28-18-14-19(29)16-22(15-18)36-26-3-1-2-24-23(26)17-25(31-24)27(35)30-20-4-8-32(9-5-20)12-13-33-10-6-21(34)7-11-33/h1-3,14-17,20-21,31,34H,4-13H2,(H,30,35). The summed E-state index contributed by atoms with van der Waals surface area (Å²) < 4.78 is 32.8. The van der Waals surface area contributed by atoms with Crippen molar-refractivity contribution in [3.05, 3.63) is 59.8 Å². The third-order valence-corrected chi connectivity index (χ3v) is 7.14. The van der Waals surface area contributed by atoms with Gasteiger partial charge in [-0.25, -0.2) is 8.78 Å². The Morgan fingerprint density at radius 1 is 0.972 bits per heavy atom. The van der Waals surface area contributed by atoms with Crippen molar-refractivity contribution in [3.63, 3.8) is 0 Å². The predicted molar refractivity (Wildman–Crippen MR) is 133 cm³/mol. The second-order valence-electron chi connectivity index (χ2n) is 9.77. The number of aliphatic hydroxyl groups excluding tert-OH is 1. The van der Waals surface area contributed by atoms with E-state index in [1.165, 1.54) is 0 Å². The fourth-order valence-electron chi connectivity index (χ4n) is 5.04. The lowest BCUT2D eigenvalue weighted by Crippen LogP contribution is -2.47. The Bertz CT molecular complexity index is 1180. The number of benzene rings is 2. The number of carbonyl (C=O) groups is 1. The van der Waals surface area contributed by atoms with Gasteiger partial charge in [0.2, 0.25) is 0 Å². The molecule has 3 heterocycles. The lowest BCUT2D eigenvalue weighted by Gasteiger charge is -2.35. The maximum absolute atomic E-state index is 13.6. The largest absolute Gasteiger partial charge is 0.456 e. The molecular weight excluding hydrogens is 466 g/mol. The minimum absolute atomic E-state index is 0.0526. The van der Waals surface area contributed by atoms with Gasteiger partial charge in [-0.15, -0.1) is 0 Å². The molecule has 36 heavy (non-hydrogen) atoms.